The van der Waals surface area contributed by atoms with Gasteiger partial charge in [-0.2, -0.15) is 0 Å². The highest BCUT2D eigenvalue weighted by Gasteiger charge is 2.30. The summed E-state index contributed by atoms with van der Waals surface area (Å²) in [5, 5.41) is 16.7. The van der Waals surface area contributed by atoms with Gasteiger partial charge < -0.3 is 25.2 Å². The molecule has 0 aliphatic carbocycles. The van der Waals surface area contributed by atoms with Crippen LogP contribution in [0.2, 0.25) is 0 Å². The van der Waals surface area contributed by atoms with E-state index in [1.807, 2.05) is 45.9 Å². The van der Waals surface area contributed by atoms with Gasteiger partial charge >= 0.3 is 6.09 Å². The maximum Gasteiger partial charge on any atom is 0.407 e. The number of hydrogen-bond donors (Lipinski definition) is 3. The summed E-state index contributed by atoms with van der Waals surface area (Å²) >= 11 is 0. The summed E-state index contributed by atoms with van der Waals surface area (Å²) in [6, 6.07) is 12.1. The van der Waals surface area contributed by atoms with Crippen molar-refractivity contribution in [1.82, 2.24) is 19.8 Å². The molecule has 2 heterocycles. The Morgan fingerprint density at radius 2 is 1.97 bits per heavy atom. The van der Waals surface area contributed by atoms with Crippen LogP contribution in [0.15, 0.2) is 42.5 Å². The van der Waals surface area contributed by atoms with E-state index in [4.69, 9.17) is 4.98 Å². The number of hydrogen-bond acceptors (Lipinski definition) is 4. The summed E-state index contributed by atoms with van der Waals surface area (Å²) in [6.45, 7) is 9.98. The quantitative estimate of drug-likeness (QED) is 0.335. The molecular weight excluding hydrogens is 464 g/mol. The molecule has 1 aromatic heterocycles. The zero-order chi connectivity index (χ0) is 26.0. The van der Waals surface area contributed by atoms with Crippen LogP contribution >= 0.6 is 0 Å². The van der Waals surface area contributed by atoms with E-state index in [1.54, 1.807) is 12.1 Å². The summed E-state index contributed by atoms with van der Waals surface area (Å²) in [7, 11) is 0. The molecule has 2 aromatic carbocycles. The maximum absolute atomic E-state index is 13.0. The van der Waals surface area contributed by atoms with Crippen molar-refractivity contribution < 1.29 is 18.7 Å². The first-order valence-electron chi connectivity index (χ1n) is 12.4. The van der Waals surface area contributed by atoms with E-state index in [-0.39, 0.29) is 23.6 Å². The minimum Gasteiger partial charge on any atom is -0.465 e. The van der Waals surface area contributed by atoms with E-state index in [0.29, 0.717) is 17.7 Å². The highest BCUT2D eigenvalue weighted by Crippen LogP contribution is 2.29. The monoisotopic (exact) mass is 499 g/mol. The van der Waals surface area contributed by atoms with Gasteiger partial charge in [-0.25, -0.2) is 18.6 Å². The summed E-state index contributed by atoms with van der Waals surface area (Å²) < 4.78 is 28.0. The smallest absolute Gasteiger partial charge is 0.407 e. The van der Waals surface area contributed by atoms with Gasteiger partial charge in [-0.1, -0.05) is 39.0 Å². The lowest BCUT2D eigenvalue weighted by molar-refractivity contribution is 0.0858. The molecule has 0 bridgehead atoms. The minimum atomic E-state index is -2.51. The fraction of sp³-hybridized carbons (Fsp3) is 0.481. The molecule has 1 saturated heterocycles. The largest absolute Gasteiger partial charge is 0.465 e. The predicted octanol–water partition coefficient (Wildman–Crippen LogP) is 6.38. The molecular formula is C27H35F2N5O2. The van der Waals surface area contributed by atoms with Gasteiger partial charge in [-0.15, -0.1) is 0 Å². The zero-order valence-corrected chi connectivity index (χ0v) is 21.3. The SMILES string of the molecule is C[C@H](N(Cc1ccc2c(c1)nc(Nc1ccc(C(F)F)cc1)n2CC1CCCN1)C(=O)O)C(C)(C)C. The lowest BCUT2D eigenvalue weighted by Crippen LogP contribution is -2.44. The highest BCUT2D eigenvalue weighted by atomic mass is 19.3. The standard InChI is InChI=1S/C27H35F2N5O2/c1-17(27(2,3)4)33(26(35)36)15-18-7-12-23-22(14-18)32-25(34(23)16-21-6-5-13-30-21)31-20-10-8-19(9-11-20)24(28)29/h7-12,14,17,21,24,30H,5-6,13,15-16H2,1-4H3,(H,31,32)(H,35,36)/t17-,21?/m0/s1. The Bertz CT molecular complexity index is 1200. The summed E-state index contributed by atoms with van der Waals surface area (Å²) in [6.07, 6.45) is -1.28. The number of halogens is 2. The number of carbonyl (C=O) groups is 1. The van der Waals surface area contributed by atoms with E-state index < -0.39 is 12.5 Å². The first-order valence-corrected chi connectivity index (χ1v) is 12.4. The van der Waals surface area contributed by atoms with Gasteiger partial charge in [0.25, 0.3) is 6.43 Å². The first kappa shape index (κ1) is 25.9. The Morgan fingerprint density at radius 1 is 1.25 bits per heavy atom. The number of rotatable bonds is 8. The van der Waals surface area contributed by atoms with Gasteiger partial charge in [0.2, 0.25) is 5.95 Å². The number of aromatic nitrogens is 2. The Morgan fingerprint density at radius 3 is 2.56 bits per heavy atom. The van der Waals surface area contributed by atoms with Crippen LogP contribution in [0, 0.1) is 5.41 Å². The van der Waals surface area contributed by atoms with Crippen molar-refractivity contribution in [2.24, 2.45) is 5.41 Å². The molecule has 3 aromatic rings. The molecule has 1 unspecified atom stereocenters. The van der Waals surface area contributed by atoms with Gasteiger partial charge in [-0.05, 0) is 61.6 Å². The van der Waals surface area contributed by atoms with E-state index in [2.05, 4.69) is 15.2 Å². The second-order valence-corrected chi connectivity index (χ2v) is 10.7. The lowest BCUT2D eigenvalue weighted by atomic mass is 9.87. The van der Waals surface area contributed by atoms with E-state index in [0.717, 1.165) is 42.5 Å². The molecule has 0 radical (unpaired) electrons. The molecule has 7 nitrogen and oxygen atoms in total. The second-order valence-electron chi connectivity index (χ2n) is 10.7. The van der Waals surface area contributed by atoms with Crippen molar-refractivity contribution in [3.05, 3.63) is 53.6 Å². The fourth-order valence-corrected chi connectivity index (χ4v) is 4.56. The van der Waals surface area contributed by atoms with Crippen LogP contribution in [0.1, 0.15) is 58.1 Å². The predicted molar refractivity (Wildman–Crippen MR) is 138 cm³/mol. The third-order valence-electron chi connectivity index (χ3n) is 7.12. The van der Waals surface area contributed by atoms with Crippen LogP contribution in [0.5, 0.6) is 0 Å². The molecule has 1 aliphatic heterocycles. The third kappa shape index (κ3) is 5.78. The van der Waals surface area contributed by atoms with Crippen molar-refractivity contribution in [3.8, 4) is 0 Å². The molecule has 9 heteroatoms. The van der Waals surface area contributed by atoms with Gasteiger partial charge in [0, 0.05) is 36.4 Å². The number of benzene rings is 2. The molecule has 0 spiro atoms. The summed E-state index contributed by atoms with van der Waals surface area (Å²) in [5.41, 5.74) is 3.00. The van der Waals surface area contributed by atoms with Crippen molar-refractivity contribution in [2.45, 2.75) is 72.1 Å². The number of alkyl halides is 2. The average Bonchev–Trinajstić information content (AvgIpc) is 3.45. The molecule has 3 N–H and O–H groups in total. The highest BCUT2D eigenvalue weighted by molar-refractivity contribution is 5.80. The zero-order valence-electron chi connectivity index (χ0n) is 21.3. The molecule has 0 saturated carbocycles. The van der Waals surface area contributed by atoms with E-state index >= 15 is 0 Å². The number of imidazole rings is 1. The van der Waals surface area contributed by atoms with Crippen molar-refractivity contribution in [2.75, 3.05) is 11.9 Å². The molecule has 194 valence electrons. The summed E-state index contributed by atoms with van der Waals surface area (Å²) in [4.78, 5) is 18.3. The molecule has 1 aliphatic rings. The van der Waals surface area contributed by atoms with E-state index in [1.165, 1.54) is 17.0 Å². The number of fused-ring (bicyclic) bond motifs is 1. The molecule has 1 amide bonds. The average molecular weight is 500 g/mol. The Kier molecular flexibility index (Phi) is 7.49. The number of nitrogens with zero attached hydrogens (tertiary/aromatic N) is 3. The van der Waals surface area contributed by atoms with Gasteiger partial charge in [-0.3, -0.25) is 0 Å². The number of carboxylic acid groups (broad SMARTS) is 1. The van der Waals surface area contributed by atoms with Crippen LogP contribution in [0.3, 0.4) is 0 Å². The van der Waals surface area contributed by atoms with Gasteiger partial charge in [0.15, 0.2) is 0 Å². The van der Waals surface area contributed by atoms with Crippen LogP contribution in [-0.4, -0.2) is 44.3 Å². The second kappa shape index (κ2) is 10.4. The van der Waals surface area contributed by atoms with Crippen LogP contribution in [-0.2, 0) is 13.1 Å². The maximum atomic E-state index is 13.0. The topological polar surface area (TPSA) is 82.4 Å². The normalized spacial score (nSPS) is 17.0. The lowest BCUT2D eigenvalue weighted by Gasteiger charge is -2.36. The van der Waals surface area contributed by atoms with Crippen molar-refractivity contribution in [3.63, 3.8) is 0 Å². The van der Waals surface area contributed by atoms with Crippen LogP contribution in [0.4, 0.5) is 25.2 Å². The first-order chi connectivity index (χ1) is 17.0. The van der Waals surface area contributed by atoms with E-state index in [9.17, 15) is 18.7 Å². The van der Waals surface area contributed by atoms with Crippen LogP contribution < -0.4 is 10.6 Å². The Hall–Kier alpha value is -3.20. The Balaban J connectivity index is 1.66. The fourth-order valence-electron chi connectivity index (χ4n) is 4.56. The molecule has 36 heavy (non-hydrogen) atoms. The van der Waals surface area contributed by atoms with Gasteiger partial charge in [0.05, 0.1) is 11.0 Å². The number of nitrogens with one attached hydrogen (secondary N) is 2. The van der Waals surface area contributed by atoms with Crippen molar-refractivity contribution in [1.29, 1.82) is 0 Å². The Labute approximate surface area is 210 Å². The van der Waals surface area contributed by atoms with Gasteiger partial charge in [0.1, 0.15) is 0 Å². The number of anilines is 2. The minimum absolute atomic E-state index is 0.0266. The molecule has 1 fully saturated rings. The molecule has 4 rings (SSSR count). The molecule has 2 atom stereocenters. The third-order valence-corrected chi connectivity index (χ3v) is 7.12. The van der Waals surface area contributed by atoms with Crippen LogP contribution in [0.25, 0.3) is 11.0 Å². The van der Waals surface area contributed by atoms with Crippen molar-refractivity contribution >= 4 is 28.8 Å². The summed E-state index contributed by atoms with van der Waals surface area (Å²) in [5.74, 6) is 0.624. The number of amides is 1.